The molecule has 0 unspecified atom stereocenters. The molecular weight excluding hydrogens is 168 g/mol. The summed E-state index contributed by atoms with van der Waals surface area (Å²) < 4.78 is 0. The predicted octanol–water partition coefficient (Wildman–Crippen LogP) is 1.81. The maximum Gasteiger partial charge on any atom is 0.269 e. The van der Waals surface area contributed by atoms with Crippen LogP contribution >= 0.6 is 0 Å². The second-order valence-corrected chi connectivity index (χ2v) is 2.40. The van der Waals surface area contributed by atoms with E-state index >= 15 is 0 Å². The Kier molecular flexibility index (Phi) is 2.41. The minimum atomic E-state index is -0.573. The van der Waals surface area contributed by atoms with Crippen molar-refractivity contribution in [2.45, 2.75) is 0 Å². The molecule has 0 radical (unpaired) electrons. The molecule has 4 nitrogen and oxygen atoms in total. The lowest BCUT2D eigenvalue weighted by Crippen LogP contribution is -1.95. The van der Waals surface area contributed by atoms with Crippen LogP contribution in [-0.4, -0.2) is 4.92 Å². The van der Waals surface area contributed by atoms with Crippen LogP contribution in [0.1, 0.15) is 11.1 Å². The molecule has 0 amide bonds. The Bertz CT molecular complexity index is 404. The molecule has 64 valence electrons. The number of nitrogens with zero attached hydrogens (tertiary/aromatic N) is 2. The van der Waals surface area contributed by atoms with Gasteiger partial charge in [-0.05, 0) is 24.8 Å². The maximum absolute atomic E-state index is 10.3. The Morgan fingerprint density at radius 3 is 2.85 bits per heavy atom. The molecule has 13 heavy (non-hydrogen) atoms. The van der Waals surface area contributed by atoms with Gasteiger partial charge >= 0.3 is 0 Å². The van der Waals surface area contributed by atoms with Crippen molar-refractivity contribution in [1.29, 1.82) is 5.26 Å². The second-order valence-electron chi connectivity index (χ2n) is 2.40. The highest BCUT2D eigenvalue weighted by Crippen LogP contribution is 2.13. The smallest absolute Gasteiger partial charge is 0.258 e. The lowest BCUT2D eigenvalue weighted by Gasteiger charge is -1.96. The number of hydrogen-bond donors (Lipinski definition) is 0. The molecule has 0 aromatic heterocycles. The predicted molar refractivity (Wildman–Crippen MR) is 47.2 cm³/mol. The molecule has 1 aromatic rings. The van der Waals surface area contributed by atoms with Crippen molar-refractivity contribution >= 4 is 5.70 Å². The van der Waals surface area contributed by atoms with Crippen molar-refractivity contribution < 1.29 is 4.92 Å². The number of hydrogen-bond acceptors (Lipinski definition) is 3. The molecule has 0 aliphatic heterocycles. The number of rotatable bonds is 2. The van der Waals surface area contributed by atoms with Gasteiger partial charge in [0.25, 0.3) is 5.70 Å². The Morgan fingerprint density at radius 2 is 2.31 bits per heavy atom. The maximum atomic E-state index is 10.3. The van der Waals surface area contributed by atoms with E-state index < -0.39 is 4.92 Å². The summed E-state index contributed by atoms with van der Waals surface area (Å²) in [5, 5.41) is 18.9. The summed E-state index contributed by atoms with van der Waals surface area (Å²) in [5.41, 5.74) is 0.557. The van der Waals surface area contributed by atoms with Crippen LogP contribution in [0.3, 0.4) is 0 Å². The molecule has 0 aliphatic rings. The normalized spacial score (nSPS) is 8.85. The fraction of sp³-hybridized carbons (Fsp3) is 0. The van der Waals surface area contributed by atoms with Crippen LogP contribution in [-0.2, 0) is 0 Å². The van der Waals surface area contributed by atoms with Crippen LogP contribution in [0.5, 0.6) is 0 Å². The molecule has 0 spiro atoms. The first-order chi connectivity index (χ1) is 6.15. The van der Waals surface area contributed by atoms with Gasteiger partial charge in [0.2, 0.25) is 0 Å². The summed E-state index contributed by atoms with van der Waals surface area (Å²) in [6, 6.07) is 8.05. The molecule has 4 heteroatoms. The van der Waals surface area contributed by atoms with Gasteiger partial charge in [-0.2, -0.15) is 5.26 Å². The number of nitriles is 1. The van der Waals surface area contributed by atoms with Crippen molar-refractivity contribution in [2.24, 2.45) is 0 Å². The van der Waals surface area contributed by atoms with E-state index in [-0.39, 0.29) is 5.70 Å². The van der Waals surface area contributed by atoms with E-state index in [9.17, 15) is 10.1 Å². The third-order valence-corrected chi connectivity index (χ3v) is 1.55. The number of benzene rings is 1. The van der Waals surface area contributed by atoms with Gasteiger partial charge in [-0.25, -0.2) is 0 Å². The third kappa shape index (κ3) is 1.91. The summed E-state index contributed by atoms with van der Waals surface area (Å²) >= 11 is 0. The van der Waals surface area contributed by atoms with Gasteiger partial charge < -0.3 is 0 Å². The van der Waals surface area contributed by atoms with E-state index in [1.807, 2.05) is 6.07 Å². The van der Waals surface area contributed by atoms with Crippen LogP contribution in [0, 0.1) is 21.4 Å². The molecule has 1 rings (SSSR count). The summed E-state index contributed by atoms with van der Waals surface area (Å²) in [6.45, 7) is 3.29. The van der Waals surface area contributed by atoms with Crippen LogP contribution in [0.4, 0.5) is 0 Å². The molecular formula is C9H6N2O2. The van der Waals surface area contributed by atoms with Crippen molar-refractivity contribution in [3.63, 3.8) is 0 Å². The van der Waals surface area contributed by atoms with E-state index in [4.69, 9.17) is 5.26 Å². The summed E-state index contributed by atoms with van der Waals surface area (Å²) in [5.74, 6) is 0. The van der Waals surface area contributed by atoms with E-state index in [0.717, 1.165) is 0 Å². The van der Waals surface area contributed by atoms with Crippen molar-refractivity contribution in [2.75, 3.05) is 0 Å². The zero-order valence-corrected chi connectivity index (χ0v) is 6.73. The lowest BCUT2D eigenvalue weighted by atomic mass is 10.1. The Balaban J connectivity index is 3.11. The topological polar surface area (TPSA) is 66.9 Å². The Morgan fingerprint density at radius 1 is 1.62 bits per heavy atom. The zero-order chi connectivity index (χ0) is 9.84. The molecule has 0 fully saturated rings. The van der Waals surface area contributed by atoms with Gasteiger partial charge in [-0.1, -0.05) is 6.07 Å². The minimum absolute atomic E-state index is 0.197. The molecule has 0 heterocycles. The second kappa shape index (κ2) is 3.50. The SMILES string of the molecule is C=C(c1cccc(C#N)c1)[N+](=O)[O-]. The van der Waals surface area contributed by atoms with Crippen molar-refractivity contribution in [3.05, 3.63) is 52.1 Å². The molecule has 0 N–H and O–H groups in total. The van der Waals surface area contributed by atoms with E-state index in [2.05, 4.69) is 6.58 Å². The van der Waals surface area contributed by atoms with Gasteiger partial charge in [0.1, 0.15) is 0 Å². The van der Waals surface area contributed by atoms with Crippen molar-refractivity contribution in [1.82, 2.24) is 0 Å². The largest absolute Gasteiger partial charge is 0.269 e. The van der Waals surface area contributed by atoms with Gasteiger partial charge in [-0.3, -0.25) is 10.1 Å². The highest BCUT2D eigenvalue weighted by Gasteiger charge is 2.09. The highest BCUT2D eigenvalue weighted by molar-refractivity contribution is 5.57. The van der Waals surface area contributed by atoms with Gasteiger partial charge in [0.05, 0.1) is 22.1 Å². The van der Waals surface area contributed by atoms with Crippen LogP contribution < -0.4 is 0 Å². The highest BCUT2D eigenvalue weighted by atomic mass is 16.6. The first-order valence-electron chi connectivity index (χ1n) is 3.49. The first-order valence-corrected chi connectivity index (χ1v) is 3.49. The quantitative estimate of drug-likeness (QED) is 0.507. The average Bonchev–Trinajstić information content (AvgIpc) is 2.16. The minimum Gasteiger partial charge on any atom is -0.258 e. The molecule has 0 aliphatic carbocycles. The Labute approximate surface area is 74.9 Å². The molecule has 0 saturated heterocycles. The fourth-order valence-electron chi connectivity index (χ4n) is 0.874. The van der Waals surface area contributed by atoms with Crippen LogP contribution in [0.15, 0.2) is 30.8 Å². The summed E-state index contributed by atoms with van der Waals surface area (Å²) in [4.78, 5) is 9.75. The number of nitro groups is 1. The van der Waals surface area contributed by atoms with Gasteiger partial charge in [-0.15, -0.1) is 0 Å². The molecule has 0 bridgehead atoms. The Hall–Kier alpha value is -2.15. The summed E-state index contributed by atoms with van der Waals surface area (Å²) in [6.07, 6.45) is 0. The first kappa shape index (κ1) is 8.94. The molecule has 1 aromatic carbocycles. The summed E-state index contributed by atoms with van der Waals surface area (Å²) in [7, 11) is 0. The van der Waals surface area contributed by atoms with Crippen LogP contribution in [0.2, 0.25) is 0 Å². The lowest BCUT2D eigenvalue weighted by molar-refractivity contribution is -0.375. The van der Waals surface area contributed by atoms with Gasteiger partial charge in [0, 0.05) is 0 Å². The standard InChI is InChI=1S/C9H6N2O2/c1-7(11(12)13)9-4-2-3-8(5-9)6-10/h2-5H,1H2. The average molecular weight is 174 g/mol. The van der Waals surface area contributed by atoms with Crippen molar-refractivity contribution in [3.8, 4) is 6.07 Å². The van der Waals surface area contributed by atoms with Gasteiger partial charge in [0.15, 0.2) is 0 Å². The van der Waals surface area contributed by atoms with E-state index in [1.54, 1.807) is 18.2 Å². The van der Waals surface area contributed by atoms with E-state index in [0.29, 0.717) is 11.1 Å². The zero-order valence-electron chi connectivity index (χ0n) is 6.73. The third-order valence-electron chi connectivity index (χ3n) is 1.55. The molecule has 0 saturated carbocycles. The fourth-order valence-corrected chi connectivity index (χ4v) is 0.874. The van der Waals surface area contributed by atoms with Crippen LogP contribution in [0.25, 0.3) is 5.70 Å². The van der Waals surface area contributed by atoms with E-state index in [1.165, 1.54) is 6.07 Å². The molecule has 0 atom stereocenters. The monoisotopic (exact) mass is 174 g/mol.